The van der Waals surface area contributed by atoms with E-state index in [-0.39, 0.29) is 5.91 Å². The van der Waals surface area contributed by atoms with Gasteiger partial charge in [0, 0.05) is 13.1 Å². The standard InChI is InChI=1S/C12H15BrClN5O/c1-3-18-10(8(13)5-16-18)7-15-12(20)11-9(14)6-17-19(11)4-2/h5-6H,3-4,7H2,1-2H3,(H,15,20). The first-order valence-corrected chi connectivity index (χ1v) is 7.45. The first kappa shape index (κ1) is 15.1. The molecule has 0 spiro atoms. The first-order chi connectivity index (χ1) is 9.58. The smallest absolute Gasteiger partial charge is 0.271 e. The molecule has 0 bridgehead atoms. The van der Waals surface area contributed by atoms with Crippen LogP contribution in [-0.2, 0) is 19.6 Å². The molecule has 2 heterocycles. The van der Waals surface area contributed by atoms with E-state index >= 15 is 0 Å². The number of aromatic nitrogens is 4. The van der Waals surface area contributed by atoms with Crippen LogP contribution < -0.4 is 5.32 Å². The van der Waals surface area contributed by atoms with E-state index < -0.39 is 0 Å². The van der Waals surface area contributed by atoms with Gasteiger partial charge in [-0.2, -0.15) is 10.2 Å². The van der Waals surface area contributed by atoms with Gasteiger partial charge in [-0.05, 0) is 29.8 Å². The molecule has 108 valence electrons. The molecule has 0 aliphatic heterocycles. The second-order valence-electron chi connectivity index (χ2n) is 4.09. The monoisotopic (exact) mass is 359 g/mol. The van der Waals surface area contributed by atoms with Gasteiger partial charge in [0.2, 0.25) is 0 Å². The predicted molar refractivity (Wildman–Crippen MR) is 79.7 cm³/mol. The molecule has 0 radical (unpaired) electrons. The van der Waals surface area contributed by atoms with Crippen LogP contribution in [0.25, 0.3) is 0 Å². The van der Waals surface area contributed by atoms with E-state index in [0.29, 0.717) is 23.8 Å². The number of halogens is 2. The van der Waals surface area contributed by atoms with Crippen LogP contribution in [0.3, 0.4) is 0 Å². The summed E-state index contributed by atoms with van der Waals surface area (Å²) in [6.45, 7) is 5.60. The summed E-state index contributed by atoms with van der Waals surface area (Å²) in [5, 5.41) is 11.4. The van der Waals surface area contributed by atoms with Gasteiger partial charge in [0.1, 0.15) is 5.69 Å². The van der Waals surface area contributed by atoms with Crippen molar-refractivity contribution in [2.75, 3.05) is 0 Å². The quantitative estimate of drug-likeness (QED) is 0.891. The summed E-state index contributed by atoms with van der Waals surface area (Å²) >= 11 is 9.42. The maximum atomic E-state index is 12.2. The summed E-state index contributed by atoms with van der Waals surface area (Å²) in [6.07, 6.45) is 3.19. The van der Waals surface area contributed by atoms with Gasteiger partial charge in [-0.25, -0.2) is 0 Å². The Kier molecular flexibility index (Phi) is 4.82. The Bertz CT molecular complexity index is 621. The molecule has 0 aliphatic carbocycles. The van der Waals surface area contributed by atoms with E-state index in [0.717, 1.165) is 16.7 Å². The summed E-state index contributed by atoms with van der Waals surface area (Å²) < 4.78 is 4.27. The first-order valence-electron chi connectivity index (χ1n) is 6.28. The third kappa shape index (κ3) is 2.88. The summed E-state index contributed by atoms with van der Waals surface area (Å²) in [7, 11) is 0. The lowest BCUT2D eigenvalue weighted by Crippen LogP contribution is -2.27. The SMILES string of the molecule is CCn1ncc(Br)c1CNC(=O)c1c(Cl)cnn1CC. The number of amides is 1. The number of hydrogen-bond donors (Lipinski definition) is 1. The van der Waals surface area contributed by atoms with Crippen LogP contribution >= 0.6 is 27.5 Å². The Morgan fingerprint density at radius 1 is 1.30 bits per heavy atom. The van der Waals surface area contributed by atoms with Crippen molar-refractivity contribution in [3.63, 3.8) is 0 Å². The summed E-state index contributed by atoms with van der Waals surface area (Å²) in [5.74, 6) is -0.245. The number of nitrogens with one attached hydrogen (secondary N) is 1. The van der Waals surface area contributed by atoms with Crippen molar-refractivity contribution in [3.05, 3.63) is 33.3 Å². The molecule has 0 aromatic carbocycles. The van der Waals surface area contributed by atoms with Crippen molar-refractivity contribution < 1.29 is 4.79 Å². The van der Waals surface area contributed by atoms with E-state index in [1.54, 1.807) is 10.9 Å². The number of carbonyl (C=O) groups is 1. The molecule has 2 rings (SSSR count). The molecule has 6 nitrogen and oxygen atoms in total. The zero-order valence-corrected chi connectivity index (χ0v) is 13.6. The molecule has 0 unspecified atom stereocenters. The second-order valence-corrected chi connectivity index (χ2v) is 5.36. The van der Waals surface area contributed by atoms with E-state index in [2.05, 4.69) is 31.4 Å². The van der Waals surface area contributed by atoms with Crippen molar-refractivity contribution in [2.45, 2.75) is 33.5 Å². The minimum atomic E-state index is -0.245. The maximum absolute atomic E-state index is 12.2. The second kappa shape index (κ2) is 6.41. The van der Waals surface area contributed by atoms with Crippen LogP contribution in [-0.4, -0.2) is 25.5 Å². The Morgan fingerprint density at radius 2 is 1.95 bits per heavy atom. The molecule has 2 aromatic heterocycles. The van der Waals surface area contributed by atoms with Gasteiger partial charge < -0.3 is 5.32 Å². The summed E-state index contributed by atoms with van der Waals surface area (Å²) in [6, 6.07) is 0. The van der Waals surface area contributed by atoms with Gasteiger partial charge in [0.05, 0.1) is 34.1 Å². The van der Waals surface area contributed by atoms with E-state index in [9.17, 15) is 4.79 Å². The van der Waals surface area contributed by atoms with E-state index in [1.807, 2.05) is 18.5 Å². The highest BCUT2D eigenvalue weighted by molar-refractivity contribution is 9.10. The van der Waals surface area contributed by atoms with Gasteiger partial charge in [-0.3, -0.25) is 14.2 Å². The zero-order chi connectivity index (χ0) is 14.7. The van der Waals surface area contributed by atoms with Crippen LogP contribution in [0, 0.1) is 0 Å². The normalized spacial score (nSPS) is 10.8. The lowest BCUT2D eigenvalue weighted by molar-refractivity contribution is 0.0939. The van der Waals surface area contributed by atoms with Crippen LogP contribution in [0.15, 0.2) is 16.9 Å². The molecule has 0 aliphatic rings. The zero-order valence-electron chi connectivity index (χ0n) is 11.2. The molecule has 1 N–H and O–H groups in total. The number of rotatable bonds is 5. The Morgan fingerprint density at radius 3 is 2.60 bits per heavy atom. The Hall–Kier alpha value is -1.34. The summed E-state index contributed by atoms with van der Waals surface area (Å²) in [5.41, 5.74) is 1.30. The van der Waals surface area contributed by atoms with Crippen LogP contribution in [0.4, 0.5) is 0 Å². The third-order valence-corrected chi connectivity index (χ3v) is 3.86. The molecular formula is C12H15BrClN5O. The number of aryl methyl sites for hydroxylation is 2. The number of hydrogen-bond acceptors (Lipinski definition) is 3. The molecule has 0 fully saturated rings. The van der Waals surface area contributed by atoms with Crippen molar-refractivity contribution in [1.82, 2.24) is 24.9 Å². The minimum Gasteiger partial charge on any atom is -0.345 e. The van der Waals surface area contributed by atoms with Gasteiger partial charge in [-0.1, -0.05) is 11.6 Å². The fourth-order valence-corrected chi connectivity index (χ4v) is 2.58. The minimum absolute atomic E-state index is 0.245. The van der Waals surface area contributed by atoms with Crippen molar-refractivity contribution in [3.8, 4) is 0 Å². The van der Waals surface area contributed by atoms with Gasteiger partial charge in [0.15, 0.2) is 0 Å². The van der Waals surface area contributed by atoms with Gasteiger partial charge in [-0.15, -0.1) is 0 Å². The Labute approximate surface area is 130 Å². The van der Waals surface area contributed by atoms with Crippen molar-refractivity contribution in [2.24, 2.45) is 0 Å². The highest BCUT2D eigenvalue weighted by Crippen LogP contribution is 2.17. The molecule has 1 amide bonds. The number of carbonyl (C=O) groups excluding carboxylic acids is 1. The lowest BCUT2D eigenvalue weighted by Gasteiger charge is -2.09. The van der Waals surface area contributed by atoms with Crippen LogP contribution in [0.1, 0.15) is 30.0 Å². The summed E-state index contributed by atoms with van der Waals surface area (Å²) in [4.78, 5) is 12.2. The molecule has 0 atom stereocenters. The average Bonchev–Trinajstić information content (AvgIpc) is 2.99. The lowest BCUT2D eigenvalue weighted by atomic mass is 10.3. The predicted octanol–water partition coefficient (Wildman–Crippen LogP) is 2.47. The average molecular weight is 361 g/mol. The van der Waals surface area contributed by atoms with Crippen LogP contribution in [0.5, 0.6) is 0 Å². The Balaban J connectivity index is 2.12. The third-order valence-electron chi connectivity index (χ3n) is 2.92. The molecule has 2 aromatic rings. The fraction of sp³-hybridized carbons (Fsp3) is 0.417. The highest BCUT2D eigenvalue weighted by atomic mass is 79.9. The topological polar surface area (TPSA) is 64.7 Å². The van der Waals surface area contributed by atoms with Gasteiger partial charge >= 0.3 is 0 Å². The largest absolute Gasteiger partial charge is 0.345 e. The molecular weight excluding hydrogens is 346 g/mol. The van der Waals surface area contributed by atoms with E-state index in [4.69, 9.17) is 11.6 Å². The maximum Gasteiger partial charge on any atom is 0.271 e. The van der Waals surface area contributed by atoms with E-state index in [1.165, 1.54) is 6.20 Å². The van der Waals surface area contributed by atoms with Crippen LogP contribution in [0.2, 0.25) is 5.02 Å². The highest BCUT2D eigenvalue weighted by Gasteiger charge is 2.17. The fourth-order valence-electron chi connectivity index (χ4n) is 1.91. The molecule has 0 saturated heterocycles. The molecule has 0 saturated carbocycles. The molecule has 20 heavy (non-hydrogen) atoms. The van der Waals surface area contributed by atoms with Crippen molar-refractivity contribution >= 4 is 33.4 Å². The number of nitrogens with zero attached hydrogens (tertiary/aromatic N) is 4. The van der Waals surface area contributed by atoms with Crippen molar-refractivity contribution in [1.29, 1.82) is 0 Å². The molecule has 8 heteroatoms. The van der Waals surface area contributed by atoms with Gasteiger partial charge in [0.25, 0.3) is 5.91 Å².